The largest absolute Gasteiger partial charge is 0.495 e. The molecule has 0 fully saturated rings. The van der Waals surface area contributed by atoms with Crippen LogP contribution >= 0.6 is 0 Å². The van der Waals surface area contributed by atoms with Crippen molar-refractivity contribution in [2.45, 2.75) is 6.54 Å². The highest BCUT2D eigenvalue weighted by Gasteiger charge is 2.18. The summed E-state index contributed by atoms with van der Waals surface area (Å²) in [5.41, 5.74) is 2.90. The number of aromatic amines is 1. The summed E-state index contributed by atoms with van der Waals surface area (Å²) in [5, 5.41) is 10.9. The maximum atomic E-state index is 12.7. The van der Waals surface area contributed by atoms with Crippen molar-refractivity contribution in [2.24, 2.45) is 0 Å². The van der Waals surface area contributed by atoms with Crippen LogP contribution in [-0.2, 0) is 6.54 Å². The Morgan fingerprint density at radius 2 is 2.07 bits per heavy atom. The van der Waals surface area contributed by atoms with E-state index in [2.05, 4.69) is 20.5 Å². The van der Waals surface area contributed by atoms with Crippen molar-refractivity contribution >= 4 is 29.0 Å². The first-order chi connectivity index (χ1) is 13.8. The fraction of sp³-hybridized carbons (Fsp3) is 0.0952. The number of hydrogen-bond acceptors (Lipinski definition) is 5. The van der Waals surface area contributed by atoms with Crippen molar-refractivity contribution in [3.63, 3.8) is 0 Å². The van der Waals surface area contributed by atoms with Gasteiger partial charge in [0.05, 0.1) is 42.1 Å². The molecule has 0 atom stereocenters. The van der Waals surface area contributed by atoms with Crippen molar-refractivity contribution < 1.29 is 13.9 Å². The lowest BCUT2D eigenvalue weighted by Gasteiger charge is -2.10. The van der Waals surface area contributed by atoms with Gasteiger partial charge in [-0.25, -0.2) is 0 Å². The Hall–Kier alpha value is -3.87. The lowest BCUT2D eigenvalue weighted by Crippen LogP contribution is -2.23. The van der Waals surface area contributed by atoms with E-state index in [0.29, 0.717) is 29.3 Å². The molecular weight excluding hydrogens is 356 g/mol. The first-order valence-corrected chi connectivity index (χ1v) is 8.70. The monoisotopic (exact) mass is 374 g/mol. The number of ether oxygens (including phenoxy) is 1. The number of hydrogen-bond donors (Lipinski definition) is 2. The van der Waals surface area contributed by atoms with E-state index < -0.39 is 0 Å². The van der Waals surface area contributed by atoms with E-state index in [1.807, 2.05) is 30.4 Å². The van der Waals surface area contributed by atoms with Crippen LogP contribution in [0.3, 0.4) is 0 Å². The SMILES string of the molecule is COc1c(C(=O)NCc2ccco2)ccc2[nH]nc(C=Cc3ccncc3)c12. The maximum absolute atomic E-state index is 12.7. The number of methoxy groups -OCH3 is 1. The summed E-state index contributed by atoms with van der Waals surface area (Å²) in [6.45, 7) is 0.299. The summed E-state index contributed by atoms with van der Waals surface area (Å²) in [6.07, 6.45) is 8.83. The third-order valence-electron chi connectivity index (χ3n) is 4.30. The third kappa shape index (κ3) is 3.50. The highest BCUT2D eigenvalue weighted by molar-refractivity contribution is 6.05. The van der Waals surface area contributed by atoms with Gasteiger partial charge >= 0.3 is 0 Å². The molecule has 0 aliphatic carbocycles. The molecule has 0 aliphatic rings. The molecule has 1 aromatic carbocycles. The van der Waals surface area contributed by atoms with Gasteiger partial charge in [0.2, 0.25) is 0 Å². The van der Waals surface area contributed by atoms with Crippen LogP contribution in [0.1, 0.15) is 27.4 Å². The number of benzene rings is 1. The quantitative estimate of drug-likeness (QED) is 0.537. The van der Waals surface area contributed by atoms with Crippen LogP contribution in [0.15, 0.2) is 59.5 Å². The molecule has 1 amide bonds. The summed E-state index contributed by atoms with van der Waals surface area (Å²) in [7, 11) is 1.54. The number of carbonyl (C=O) groups excluding carboxylic acids is 1. The van der Waals surface area contributed by atoms with Crippen molar-refractivity contribution in [2.75, 3.05) is 7.11 Å². The van der Waals surface area contributed by atoms with E-state index in [1.54, 1.807) is 44.0 Å². The summed E-state index contributed by atoms with van der Waals surface area (Å²) < 4.78 is 10.8. The summed E-state index contributed by atoms with van der Waals surface area (Å²) in [5.74, 6) is 0.899. The van der Waals surface area contributed by atoms with Crippen LogP contribution in [0.4, 0.5) is 0 Å². The number of pyridine rings is 1. The molecule has 4 rings (SSSR count). The second kappa shape index (κ2) is 7.79. The minimum Gasteiger partial charge on any atom is -0.495 e. The fourth-order valence-corrected chi connectivity index (χ4v) is 2.94. The van der Waals surface area contributed by atoms with Crippen LogP contribution in [0, 0.1) is 0 Å². The molecule has 0 aliphatic heterocycles. The topological polar surface area (TPSA) is 93.0 Å². The van der Waals surface area contributed by atoms with E-state index in [4.69, 9.17) is 9.15 Å². The van der Waals surface area contributed by atoms with Crippen molar-refractivity contribution in [1.29, 1.82) is 0 Å². The molecule has 0 bridgehead atoms. The predicted molar refractivity (Wildman–Crippen MR) is 106 cm³/mol. The number of furan rings is 1. The number of aromatic nitrogens is 3. The van der Waals surface area contributed by atoms with Gasteiger partial charge in [-0.2, -0.15) is 5.10 Å². The average Bonchev–Trinajstić information content (AvgIpc) is 3.40. The Morgan fingerprint density at radius 1 is 1.21 bits per heavy atom. The van der Waals surface area contributed by atoms with E-state index in [9.17, 15) is 4.79 Å². The number of rotatable bonds is 6. The number of fused-ring (bicyclic) bond motifs is 1. The molecule has 0 unspecified atom stereocenters. The number of carbonyl (C=O) groups is 1. The zero-order valence-electron chi connectivity index (χ0n) is 15.2. The van der Waals surface area contributed by atoms with E-state index in [1.165, 1.54) is 0 Å². The minimum absolute atomic E-state index is 0.250. The molecule has 7 nitrogen and oxygen atoms in total. The zero-order chi connectivity index (χ0) is 19.3. The second-order valence-electron chi connectivity index (χ2n) is 6.05. The predicted octanol–water partition coefficient (Wildman–Crippen LogP) is 3.66. The molecule has 3 aromatic heterocycles. The maximum Gasteiger partial charge on any atom is 0.255 e. The summed E-state index contributed by atoms with van der Waals surface area (Å²) in [6, 6.07) is 10.9. The van der Waals surface area contributed by atoms with Gasteiger partial charge in [0.1, 0.15) is 11.5 Å². The van der Waals surface area contributed by atoms with Gasteiger partial charge in [-0.05, 0) is 48.0 Å². The van der Waals surface area contributed by atoms with Crippen molar-refractivity contribution in [1.82, 2.24) is 20.5 Å². The van der Waals surface area contributed by atoms with Gasteiger partial charge in [-0.1, -0.05) is 6.08 Å². The minimum atomic E-state index is -0.250. The molecule has 140 valence electrons. The molecule has 2 N–H and O–H groups in total. The third-order valence-corrected chi connectivity index (χ3v) is 4.30. The lowest BCUT2D eigenvalue weighted by atomic mass is 10.1. The van der Waals surface area contributed by atoms with Gasteiger partial charge in [0.25, 0.3) is 5.91 Å². The molecule has 0 radical (unpaired) electrons. The smallest absolute Gasteiger partial charge is 0.255 e. The Balaban J connectivity index is 1.66. The van der Waals surface area contributed by atoms with Gasteiger partial charge in [-0.15, -0.1) is 0 Å². The molecule has 7 heteroatoms. The lowest BCUT2D eigenvalue weighted by molar-refractivity contribution is 0.0945. The normalized spacial score (nSPS) is 11.2. The zero-order valence-corrected chi connectivity index (χ0v) is 15.2. The highest BCUT2D eigenvalue weighted by Crippen LogP contribution is 2.32. The van der Waals surface area contributed by atoms with E-state index in [-0.39, 0.29) is 5.91 Å². The van der Waals surface area contributed by atoms with Gasteiger partial charge in [0, 0.05) is 12.4 Å². The average molecular weight is 374 g/mol. The molecule has 3 heterocycles. The van der Waals surface area contributed by atoms with Crippen molar-refractivity contribution in [3.05, 3.63) is 77.6 Å². The second-order valence-corrected chi connectivity index (χ2v) is 6.05. The van der Waals surface area contributed by atoms with Crippen LogP contribution in [-0.4, -0.2) is 28.2 Å². The number of H-pyrrole nitrogens is 1. The Morgan fingerprint density at radius 3 is 2.82 bits per heavy atom. The molecule has 28 heavy (non-hydrogen) atoms. The first-order valence-electron chi connectivity index (χ1n) is 8.70. The number of nitrogens with one attached hydrogen (secondary N) is 2. The van der Waals surface area contributed by atoms with E-state index >= 15 is 0 Å². The van der Waals surface area contributed by atoms with E-state index in [0.717, 1.165) is 16.5 Å². The molecule has 4 aromatic rings. The summed E-state index contributed by atoms with van der Waals surface area (Å²) >= 11 is 0. The number of amides is 1. The Labute approximate surface area is 161 Å². The number of nitrogens with zero attached hydrogens (tertiary/aromatic N) is 2. The van der Waals surface area contributed by atoms with Crippen LogP contribution in [0.25, 0.3) is 23.1 Å². The molecule has 0 saturated heterocycles. The van der Waals surface area contributed by atoms with Crippen molar-refractivity contribution in [3.8, 4) is 5.75 Å². The van der Waals surface area contributed by atoms with Gasteiger partial charge < -0.3 is 14.5 Å². The fourth-order valence-electron chi connectivity index (χ4n) is 2.94. The Bertz CT molecular complexity index is 1120. The highest BCUT2D eigenvalue weighted by atomic mass is 16.5. The Kier molecular flexibility index (Phi) is 4.88. The molecule has 0 spiro atoms. The van der Waals surface area contributed by atoms with Crippen LogP contribution < -0.4 is 10.1 Å². The molecular formula is C21H18N4O3. The van der Waals surface area contributed by atoms with Gasteiger partial charge in [0.15, 0.2) is 0 Å². The molecule has 0 saturated carbocycles. The first kappa shape index (κ1) is 17.5. The standard InChI is InChI=1S/C21H18N4O3/c1-27-20-16(21(26)23-13-15-3-2-12-28-15)5-7-18-19(20)17(24-25-18)6-4-14-8-10-22-11-9-14/h2-12H,13H2,1H3,(H,23,26)(H,24,25). The van der Waals surface area contributed by atoms with Crippen LogP contribution in [0.2, 0.25) is 0 Å². The van der Waals surface area contributed by atoms with Gasteiger partial charge in [-0.3, -0.25) is 14.9 Å². The summed E-state index contributed by atoms with van der Waals surface area (Å²) in [4.78, 5) is 16.7. The van der Waals surface area contributed by atoms with Crippen LogP contribution in [0.5, 0.6) is 5.75 Å².